The van der Waals surface area contributed by atoms with Crippen molar-refractivity contribution in [3.05, 3.63) is 181 Å². The predicted octanol–water partition coefficient (Wildman–Crippen LogP) is 15.9. The van der Waals surface area contributed by atoms with E-state index in [4.69, 9.17) is 22.7 Å². The van der Waals surface area contributed by atoms with Crippen LogP contribution in [0.1, 0.15) is 5.56 Å². The van der Waals surface area contributed by atoms with E-state index in [1.807, 2.05) is 54.6 Å². The molecule has 6 nitrogen and oxygen atoms in total. The van der Waals surface area contributed by atoms with Gasteiger partial charge in [-0.15, -0.1) is 0 Å². The van der Waals surface area contributed by atoms with Gasteiger partial charge in [-0.05, 0) is 61.0 Å². The zero-order valence-corrected chi connectivity index (χ0v) is 33.3. The fourth-order valence-corrected chi connectivity index (χ4v) is 9.94. The molecule has 5 aromatic heterocycles. The van der Waals surface area contributed by atoms with Gasteiger partial charge in [0, 0.05) is 59.8 Å². The Balaban J connectivity index is 1.24. The maximum absolute atomic E-state index is 6.98. The van der Waals surface area contributed by atoms with Gasteiger partial charge in [-0.1, -0.05) is 127 Å². The summed E-state index contributed by atoms with van der Waals surface area (Å²) in [6, 6.07) is 60.9. The molecule has 0 aliphatic rings. The van der Waals surface area contributed by atoms with Crippen LogP contribution in [0.25, 0.3) is 138 Å². The summed E-state index contributed by atoms with van der Waals surface area (Å²) in [6.45, 7) is 2.13. The molecule has 62 heavy (non-hydrogen) atoms. The zero-order chi connectivity index (χ0) is 40.6. The summed E-state index contributed by atoms with van der Waals surface area (Å²) in [5.41, 5.74) is 14.6. The Morgan fingerprint density at radius 3 is 1.26 bits per heavy atom. The highest BCUT2D eigenvalue weighted by atomic mass is 16.4. The number of furan rings is 4. The average molecular weight is 797 g/mol. The molecule has 0 saturated heterocycles. The smallest absolute Gasteiger partial charge is 0.147 e. The van der Waals surface area contributed by atoms with E-state index in [-0.39, 0.29) is 0 Å². The van der Waals surface area contributed by atoms with E-state index < -0.39 is 0 Å². The number of para-hydroxylation sites is 5. The number of aryl methyl sites for hydroxylation is 1. The van der Waals surface area contributed by atoms with Crippen LogP contribution >= 0.6 is 0 Å². The van der Waals surface area contributed by atoms with Crippen LogP contribution in [-0.4, -0.2) is 9.55 Å². The van der Waals surface area contributed by atoms with Crippen LogP contribution in [0.2, 0.25) is 0 Å². The fraction of sp³-hybridized carbons (Fsp3) is 0.0179. The molecule has 0 amide bonds. The van der Waals surface area contributed by atoms with Crippen LogP contribution in [0, 0.1) is 6.92 Å². The van der Waals surface area contributed by atoms with E-state index >= 15 is 0 Å². The van der Waals surface area contributed by atoms with Crippen molar-refractivity contribution in [1.29, 1.82) is 0 Å². The van der Waals surface area contributed by atoms with Gasteiger partial charge in [0.05, 0.1) is 27.8 Å². The molecule has 14 rings (SSSR count). The van der Waals surface area contributed by atoms with Crippen molar-refractivity contribution in [3.63, 3.8) is 0 Å². The van der Waals surface area contributed by atoms with E-state index in [0.717, 1.165) is 144 Å². The minimum Gasteiger partial charge on any atom is -0.455 e. The first-order valence-corrected chi connectivity index (χ1v) is 20.9. The van der Waals surface area contributed by atoms with Crippen molar-refractivity contribution in [1.82, 2.24) is 9.55 Å². The lowest BCUT2D eigenvalue weighted by molar-refractivity contribution is 0.657. The Bertz CT molecular complexity index is 3790. The Morgan fingerprint density at radius 2 is 0.806 bits per heavy atom. The minimum absolute atomic E-state index is 0.744. The zero-order valence-electron chi connectivity index (χ0n) is 33.3. The molecule has 290 valence electrons. The molecule has 0 N–H and O–H groups in total. The number of benzene rings is 9. The van der Waals surface area contributed by atoms with Crippen LogP contribution in [0.4, 0.5) is 0 Å². The summed E-state index contributed by atoms with van der Waals surface area (Å²) in [4.78, 5) is 5.43. The van der Waals surface area contributed by atoms with Crippen molar-refractivity contribution in [2.75, 3.05) is 0 Å². The van der Waals surface area contributed by atoms with Gasteiger partial charge in [-0.25, -0.2) is 4.98 Å². The first kappa shape index (κ1) is 33.5. The second kappa shape index (κ2) is 12.3. The molecule has 0 unspecified atom stereocenters. The third-order valence-electron chi connectivity index (χ3n) is 12.7. The first-order chi connectivity index (χ1) is 30.7. The van der Waals surface area contributed by atoms with Gasteiger partial charge in [0.25, 0.3) is 0 Å². The average Bonchev–Trinajstić information content (AvgIpc) is 4.14. The van der Waals surface area contributed by atoms with Crippen LogP contribution in [0.5, 0.6) is 0 Å². The van der Waals surface area contributed by atoms with Crippen molar-refractivity contribution >= 4 is 98.8 Å². The number of hydrogen-bond donors (Lipinski definition) is 0. The van der Waals surface area contributed by atoms with Gasteiger partial charge in [0.1, 0.15) is 50.5 Å². The van der Waals surface area contributed by atoms with E-state index in [0.29, 0.717) is 0 Å². The summed E-state index contributed by atoms with van der Waals surface area (Å²) in [5, 5.41) is 8.21. The van der Waals surface area contributed by atoms with E-state index in [2.05, 4.69) is 133 Å². The quantitative estimate of drug-likeness (QED) is 0.177. The Kier molecular flexibility index (Phi) is 6.67. The summed E-state index contributed by atoms with van der Waals surface area (Å²) in [5.74, 6) is 0.801. The molecule has 0 saturated carbocycles. The van der Waals surface area contributed by atoms with E-state index in [1.165, 1.54) is 0 Å². The molecule has 14 aromatic rings. The lowest BCUT2D eigenvalue weighted by Gasteiger charge is -2.20. The predicted molar refractivity (Wildman–Crippen MR) is 251 cm³/mol. The molecule has 9 aromatic carbocycles. The third kappa shape index (κ3) is 4.55. The topological polar surface area (TPSA) is 70.4 Å². The summed E-state index contributed by atoms with van der Waals surface area (Å²) < 4.78 is 30.2. The normalized spacial score (nSPS) is 12.3. The van der Waals surface area contributed by atoms with Crippen LogP contribution in [0.3, 0.4) is 0 Å². The summed E-state index contributed by atoms with van der Waals surface area (Å²) in [7, 11) is 0. The second-order valence-corrected chi connectivity index (χ2v) is 16.2. The maximum atomic E-state index is 6.98. The number of nitrogens with zero attached hydrogens (tertiary/aromatic N) is 2. The Hall–Kier alpha value is -8.35. The molecule has 0 aliphatic carbocycles. The van der Waals surface area contributed by atoms with Crippen molar-refractivity contribution in [2.45, 2.75) is 6.92 Å². The highest BCUT2D eigenvalue weighted by Crippen LogP contribution is 2.52. The molecule has 0 fully saturated rings. The van der Waals surface area contributed by atoms with Gasteiger partial charge in [-0.2, -0.15) is 0 Å². The second-order valence-electron chi connectivity index (χ2n) is 16.2. The van der Waals surface area contributed by atoms with E-state index in [1.54, 1.807) is 0 Å². The number of fused-ring (bicyclic) bond motifs is 13. The van der Waals surface area contributed by atoms with Gasteiger partial charge < -0.3 is 17.7 Å². The fourth-order valence-electron chi connectivity index (χ4n) is 9.94. The Morgan fingerprint density at radius 1 is 0.387 bits per heavy atom. The number of rotatable bonds is 4. The van der Waals surface area contributed by atoms with E-state index in [9.17, 15) is 0 Å². The van der Waals surface area contributed by atoms with Crippen LogP contribution in [-0.2, 0) is 0 Å². The van der Waals surface area contributed by atoms with Crippen molar-refractivity contribution in [2.24, 2.45) is 0 Å². The SMILES string of the molecule is Cc1ccc2nc(-c3ccccc3)n(-c3c(-c4c5oc6ccccc6c5cc5c4oc4ccccc45)cccc3-c3c4oc5ccccc5c4cc4c3oc3ccccc34)c2c1. The molecule has 0 bridgehead atoms. The van der Waals surface area contributed by atoms with Crippen molar-refractivity contribution < 1.29 is 17.7 Å². The molecule has 6 heteroatoms. The summed E-state index contributed by atoms with van der Waals surface area (Å²) in [6.07, 6.45) is 0. The highest BCUT2D eigenvalue weighted by Gasteiger charge is 2.30. The maximum Gasteiger partial charge on any atom is 0.147 e. The standard InChI is InChI=1S/C56H32N2O4/c1-31-26-27-43-44(28-31)58(56(57-43)32-14-3-2-4-15-32)51-37(49-52-39(33-16-5-9-22-45(33)59-52)29-40-34-17-6-10-23-46(34)60-53(40)49)20-13-21-38(51)50-54-41(35-18-7-11-24-47(35)61-54)30-42-36-19-8-12-25-48(36)62-55(42)50/h2-30H,1H3. The molecule has 0 atom stereocenters. The van der Waals surface area contributed by atoms with Gasteiger partial charge in [0.2, 0.25) is 0 Å². The van der Waals surface area contributed by atoms with Gasteiger partial charge in [0.15, 0.2) is 0 Å². The van der Waals surface area contributed by atoms with Gasteiger partial charge in [-0.3, -0.25) is 4.57 Å². The number of imidazole rings is 1. The molecule has 0 spiro atoms. The molecular formula is C56H32N2O4. The summed E-state index contributed by atoms with van der Waals surface area (Å²) >= 11 is 0. The third-order valence-corrected chi connectivity index (χ3v) is 12.7. The van der Waals surface area contributed by atoms with Crippen LogP contribution in [0.15, 0.2) is 194 Å². The first-order valence-electron chi connectivity index (χ1n) is 20.9. The monoisotopic (exact) mass is 796 g/mol. The minimum atomic E-state index is 0.744. The molecule has 5 heterocycles. The lowest BCUT2D eigenvalue weighted by atomic mass is 9.91. The van der Waals surface area contributed by atoms with Crippen LogP contribution < -0.4 is 0 Å². The molecular weight excluding hydrogens is 765 g/mol. The molecule has 0 aliphatic heterocycles. The number of aromatic nitrogens is 2. The van der Waals surface area contributed by atoms with Gasteiger partial charge >= 0.3 is 0 Å². The Labute approximate surface area is 352 Å². The number of hydrogen-bond acceptors (Lipinski definition) is 5. The van der Waals surface area contributed by atoms with Crippen molar-refractivity contribution in [3.8, 4) is 39.3 Å². The highest BCUT2D eigenvalue weighted by molar-refractivity contribution is 6.25. The molecule has 0 radical (unpaired) electrons. The lowest BCUT2D eigenvalue weighted by Crippen LogP contribution is -2.04. The largest absolute Gasteiger partial charge is 0.455 e.